The number of amides is 3. The molecule has 1 heterocycles. The van der Waals surface area contributed by atoms with Crippen LogP contribution in [0.2, 0.25) is 0 Å². The van der Waals surface area contributed by atoms with E-state index in [2.05, 4.69) is 26.9 Å². The van der Waals surface area contributed by atoms with Crippen LogP contribution in [-0.2, 0) is 4.79 Å². The highest BCUT2D eigenvalue weighted by Gasteiger charge is 2.28. The van der Waals surface area contributed by atoms with Gasteiger partial charge in [-0.15, -0.1) is 0 Å². The number of anilines is 1. The fourth-order valence-electron chi connectivity index (χ4n) is 3.11. The second kappa shape index (κ2) is 8.78. The minimum atomic E-state index is -0.640. The van der Waals surface area contributed by atoms with E-state index in [0.29, 0.717) is 6.54 Å². The van der Waals surface area contributed by atoms with Crippen molar-refractivity contribution < 1.29 is 14.3 Å². The highest BCUT2D eigenvalue weighted by molar-refractivity contribution is 5.83. The molecule has 144 valence electrons. The van der Waals surface area contributed by atoms with Crippen LogP contribution in [0.25, 0.3) is 0 Å². The molecule has 7 nitrogen and oxygen atoms in total. The first-order valence-corrected chi connectivity index (χ1v) is 9.02. The molecule has 2 rings (SSSR count). The number of hydrogen-bond acceptors (Lipinski definition) is 4. The van der Waals surface area contributed by atoms with E-state index in [-0.39, 0.29) is 18.0 Å². The van der Waals surface area contributed by atoms with Gasteiger partial charge < -0.3 is 25.6 Å². The van der Waals surface area contributed by atoms with Gasteiger partial charge in [-0.3, -0.25) is 4.79 Å². The Morgan fingerprint density at radius 2 is 1.88 bits per heavy atom. The van der Waals surface area contributed by atoms with Gasteiger partial charge in [-0.1, -0.05) is 12.1 Å². The van der Waals surface area contributed by atoms with E-state index in [1.165, 1.54) is 0 Å². The van der Waals surface area contributed by atoms with Gasteiger partial charge in [-0.25, -0.2) is 4.79 Å². The first-order valence-electron chi connectivity index (χ1n) is 9.02. The van der Waals surface area contributed by atoms with Gasteiger partial charge in [-0.2, -0.15) is 0 Å². The second-order valence-electron chi connectivity index (χ2n) is 7.22. The molecule has 0 aromatic heterocycles. The number of carbonyl (C=O) groups is 2. The lowest BCUT2D eigenvalue weighted by molar-refractivity contribution is -0.128. The fourth-order valence-corrected chi connectivity index (χ4v) is 3.11. The molecular weight excluding hydrogens is 332 g/mol. The molecule has 1 aromatic carbocycles. The Morgan fingerprint density at radius 3 is 2.50 bits per heavy atom. The Kier molecular flexibility index (Phi) is 6.71. The zero-order chi connectivity index (χ0) is 19.2. The van der Waals surface area contributed by atoms with Crippen LogP contribution in [0.4, 0.5) is 10.5 Å². The number of rotatable bonds is 6. The molecule has 1 fully saturated rings. The van der Waals surface area contributed by atoms with Gasteiger partial charge in [-0.05, 0) is 38.8 Å². The van der Waals surface area contributed by atoms with Crippen molar-refractivity contribution in [1.29, 1.82) is 0 Å². The van der Waals surface area contributed by atoms with Crippen molar-refractivity contribution >= 4 is 17.6 Å². The first-order chi connectivity index (χ1) is 12.4. The fraction of sp³-hybridized carbons (Fsp3) is 0.579. The number of methoxy groups -OCH3 is 1. The molecule has 0 unspecified atom stereocenters. The van der Waals surface area contributed by atoms with Gasteiger partial charge in [0.1, 0.15) is 5.75 Å². The molecular formula is C19H30N4O3. The second-order valence-corrected chi connectivity index (χ2v) is 7.22. The van der Waals surface area contributed by atoms with Gasteiger partial charge in [0.05, 0.1) is 18.2 Å². The third-order valence-electron chi connectivity index (χ3n) is 4.79. The highest BCUT2D eigenvalue weighted by Crippen LogP contribution is 2.29. The van der Waals surface area contributed by atoms with Crippen LogP contribution in [-0.4, -0.2) is 51.8 Å². The molecule has 0 aliphatic carbocycles. The molecule has 3 amide bonds. The lowest BCUT2D eigenvalue weighted by atomic mass is 9.92. The summed E-state index contributed by atoms with van der Waals surface area (Å²) < 4.78 is 5.43. The molecule has 0 spiro atoms. The summed E-state index contributed by atoms with van der Waals surface area (Å²) in [4.78, 5) is 26.2. The number of para-hydroxylation sites is 2. The van der Waals surface area contributed by atoms with Crippen molar-refractivity contribution in [2.45, 2.75) is 32.7 Å². The minimum absolute atomic E-state index is 0.0945. The highest BCUT2D eigenvalue weighted by atomic mass is 16.5. The summed E-state index contributed by atoms with van der Waals surface area (Å²) in [6, 6.07) is 7.88. The van der Waals surface area contributed by atoms with Crippen LogP contribution in [0.5, 0.6) is 5.75 Å². The Hall–Kier alpha value is -2.44. The molecule has 7 heteroatoms. The van der Waals surface area contributed by atoms with Crippen molar-refractivity contribution in [3.8, 4) is 5.75 Å². The van der Waals surface area contributed by atoms with Crippen LogP contribution in [0.3, 0.4) is 0 Å². The van der Waals surface area contributed by atoms with Gasteiger partial charge >= 0.3 is 6.03 Å². The SMILES string of the molecule is CNC(=O)C(C)(C)CNC(=O)NC1CCN(c2ccccc2OC)CC1. The Morgan fingerprint density at radius 1 is 1.23 bits per heavy atom. The normalized spacial score (nSPS) is 15.3. The minimum Gasteiger partial charge on any atom is -0.495 e. The Labute approximate surface area is 155 Å². The third kappa shape index (κ3) is 5.03. The van der Waals surface area contributed by atoms with Crippen LogP contribution in [0.1, 0.15) is 26.7 Å². The average Bonchev–Trinajstić information content (AvgIpc) is 2.66. The number of piperidine rings is 1. The smallest absolute Gasteiger partial charge is 0.315 e. The van der Waals surface area contributed by atoms with Crippen molar-refractivity contribution in [3.05, 3.63) is 24.3 Å². The number of nitrogens with zero attached hydrogens (tertiary/aromatic N) is 1. The Balaban J connectivity index is 1.80. The van der Waals surface area contributed by atoms with E-state index in [9.17, 15) is 9.59 Å². The standard InChI is InChI=1S/C19H30N4O3/c1-19(2,17(24)20-3)13-21-18(25)22-14-9-11-23(12-10-14)15-7-5-6-8-16(15)26-4/h5-8,14H,9-13H2,1-4H3,(H,20,24)(H2,21,22,25). The van der Waals surface area contributed by atoms with E-state index < -0.39 is 5.41 Å². The number of ether oxygens (including phenoxy) is 1. The molecule has 1 aliphatic heterocycles. The van der Waals surface area contributed by atoms with Gasteiger partial charge in [0.15, 0.2) is 0 Å². The van der Waals surface area contributed by atoms with Crippen molar-refractivity contribution in [3.63, 3.8) is 0 Å². The maximum Gasteiger partial charge on any atom is 0.315 e. The van der Waals surface area contributed by atoms with E-state index in [1.54, 1.807) is 28.0 Å². The quantitative estimate of drug-likeness (QED) is 0.720. The van der Waals surface area contributed by atoms with Crippen LogP contribution < -0.4 is 25.6 Å². The summed E-state index contributed by atoms with van der Waals surface area (Å²) >= 11 is 0. The number of urea groups is 1. The van der Waals surface area contributed by atoms with Gasteiger partial charge in [0.25, 0.3) is 0 Å². The van der Waals surface area contributed by atoms with Crippen molar-refractivity contribution in [1.82, 2.24) is 16.0 Å². The summed E-state index contributed by atoms with van der Waals surface area (Å²) in [7, 11) is 3.28. The average molecular weight is 362 g/mol. The van der Waals surface area contributed by atoms with Crippen LogP contribution in [0, 0.1) is 5.41 Å². The molecule has 1 aromatic rings. The first kappa shape index (κ1) is 19.9. The van der Waals surface area contributed by atoms with E-state index in [1.807, 2.05) is 18.2 Å². The third-order valence-corrected chi connectivity index (χ3v) is 4.79. The van der Waals surface area contributed by atoms with Crippen molar-refractivity contribution in [2.75, 3.05) is 38.7 Å². The molecule has 3 N–H and O–H groups in total. The van der Waals surface area contributed by atoms with E-state index in [4.69, 9.17) is 4.74 Å². The maximum atomic E-state index is 12.1. The lowest BCUT2D eigenvalue weighted by Gasteiger charge is -2.34. The molecule has 1 saturated heterocycles. The summed E-state index contributed by atoms with van der Waals surface area (Å²) in [5.41, 5.74) is 0.449. The number of carbonyl (C=O) groups excluding carboxylic acids is 2. The number of hydrogen-bond donors (Lipinski definition) is 3. The molecule has 26 heavy (non-hydrogen) atoms. The Bertz CT molecular complexity index is 625. The number of nitrogens with one attached hydrogen (secondary N) is 3. The van der Waals surface area contributed by atoms with Crippen LogP contribution in [0.15, 0.2) is 24.3 Å². The molecule has 0 saturated carbocycles. The molecule has 0 atom stereocenters. The molecule has 1 aliphatic rings. The summed E-state index contributed by atoms with van der Waals surface area (Å²) in [5.74, 6) is 0.774. The predicted octanol–water partition coefficient (Wildman–Crippen LogP) is 1.74. The zero-order valence-electron chi connectivity index (χ0n) is 16.1. The maximum absolute atomic E-state index is 12.1. The summed E-state index contributed by atoms with van der Waals surface area (Å²) in [6.45, 7) is 5.61. The van der Waals surface area contributed by atoms with Gasteiger partial charge in [0, 0.05) is 32.7 Å². The number of benzene rings is 1. The van der Waals surface area contributed by atoms with Crippen LogP contribution >= 0.6 is 0 Å². The molecule has 0 bridgehead atoms. The van der Waals surface area contributed by atoms with E-state index in [0.717, 1.165) is 37.4 Å². The largest absolute Gasteiger partial charge is 0.495 e. The monoisotopic (exact) mass is 362 g/mol. The van der Waals surface area contributed by atoms with E-state index >= 15 is 0 Å². The predicted molar refractivity (Wildman–Crippen MR) is 103 cm³/mol. The summed E-state index contributed by atoms with van der Waals surface area (Å²) in [6.07, 6.45) is 1.73. The zero-order valence-corrected chi connectivity index (χ0v) is 16.1. The molecule has 0 radical (unpaired) electrons. The summed E-state index contributed by atoms with van der Waals surface area (Å²) in [5, 5.41) is 8.43. The lowest BCUT2D eigenvalue weighted by Crippen LogP contribution is -2.51. The van der Waals surface area contributed by atoms with Crippen molar-refractivity contribution in [2.24, 2.45) is 5.41 Å². The van der Waals surface area contributed by atoms with Gasteiger partial charge in [0.2, 0.25) is 5.91 Å². The topological polar surface area (TPSA) is 82.7 Å².